The summed E-state index contributed by atoms with van der Waals surface area (Å²) in [4.78, 5) is 25.2. The molecule has 0 aliphatic rings. The Morgan fingerprint density at radius 1 is 1.00 bits per heavy atom. The average Bonchev–Trinajstić information content (AvgIpc) is 3.41. The lowest BCUT2D eigenvalue weighted by molar-refractivity contribution is 0.0603. The first-order valence-corrected chi connectivity index (χ1v) is 10.2. The van der Waals surface area contributed by atoms with Crippen molar-refractivity contribution < 1.29 is 18.7 Å². The molecule has 4 aromatic rings. The van der Waals surface area contributed by atoms with Crippen LogP contribution >= 0.6 is 22.9 Å². The second-order valence-corrected chi connectivity index (χ2v) is 7.66. The molecule has 2 aromatic carbocycles. The zero-order valence-electron chi connectivity index (χ0n) is 15.8. The fourth-order valence-corrected chi connectivity index (χ4v) is 4.15. The number of furan rings is 1. The number of thiophene rings is 1. The van der Waals surface area contributed by atoms with Gasteiger partial charge in [0.15, 0.2) is 5.76 Å². The molecule has 0 aliphatic carbocycles. The van der Waals surface area contributed by atoms with E-state index in [2.05, 4.69) is 5.32 Å². The van der Waals surface area contributed by atoms with E-state index in [1.807, 2.05) is 41.8 Å². The Labute approximate surface area is 181 Å². The molecule has 0 saturated carbocycles. The molecule has 150 valence electrons. The number of esters is 1. The zero-order chi connectivity index (χ0) is 21.1. The number of amides is 1. The van der Waals surface area contributed by atoms with Gasteiger partial charge in [-0.3, -0.25) is 4.79 Å². The number of anilines is 1. The molecule has 7 heteroatoms. The second kappa shape index (κ2) is 8.57. The normalized spacial score (nSPS) is 10.6. The third kappa shape index (κ3) is 4.01. The van der Waals surface area contributed by atoms with Crippen molar-refractivity contribution in [1.82, 2.24) is 0 Å². The van der Waals surface area contributed by atoms with Crippen molar-refractivity contribution in [3.05, 3.63) is 88.5 Å². The monoisotopic (exact) mass is 437 g/mol. The summed E-state index contributed by atoms with van der Waals surface area (Å²) in [7, 11) is 1.31. The number of ether oxygens (including phenoxy) is 1. The molecule has 2 aromatic heterocycles. The van der Waals surface area contributed by atoms with Crippen LogP contribution in [0.3, 0.4) is 0 Å². The summed E-state index contributed by atoms with van der Waals surface area (Å²) in [6.45, 7) is 0. The third-order valence-corrected chi connectivity index (χ3v) is 5.56. The number of carbonyl (C=O) groups excluding carboxylic acids is 2. The molecule has 5 nitrogen and oxygen atoms in total. The van der Waals surface area contributed by atoms with Gasteiger partial charge in [-0.1, -0.05) is 54.1 Å². The van der Waals surface area contributed by atoms with E-state index in [1.54, 1.807) is 30.3 Å². The Morgan fingerprint density at radius 3 is 2.50 bits per heavy atom. The molecule has 0 bridgehead atoms. The van der Waals surface area contributed by atoms with Crippen LogP contribution in [-0.2, 0) is 4.74 Å². The van der Waals surface area contributed by atoms with Gasteiger partial charge < -0.3 is 14.5 Å². The van der Waals surface area contributed by atoms with Crippen molar-refractivity contribution in [2.24, 2.45) is 0 Å². The molecule has 0 atom stereocenters. The van der Waals surface area contributed by atoms with Gasteiger partial charge in [0.2, 0.25) is 0 Å². The molecule has 30 heavy (non-hydrogen) atoms. The number of hydrogen-bond acceptors (Lipinski definition) is 5. The van der Waals surface area contributed by atoms with Crippen LogP contribution in [0.2, 0.25) is 5.02 Å². The summed E-state index contributed by atoms with van der Waals surface area (Å²) in [5, 5.41) is 5.55. The number of nitrogens with one attached hydrogen (secondary N) is 1. The summed E-state index contributed by atoms with van der Waals surface area (Å²) in [6.07, 6.45) is 0. The van der Waals surface area contributed by atoms with Gasteiger partial charge in [-0.15, -0.1) is 11.3 Å². The Kier molecular flexibility index (Phi) is 5.70. The summed E-state index contributed by atoms with van der Waals surface area (Å²) in [6, 6.07) is 19.9. The van der Waals surface area contributed by atoms with E-state index in [-0.39, 0.29) is 5.76 Å². The number of benzene rings is 2. The van der Waals surface area contributed by atoms with Crippen LogP contribution in [-0.4, -0.2) is 19.0 Å². The molecule has 0 fully saturated rings. The lowest BCUT2D eigenvalue weighted by Gasteiger charge is -2.07. The molecule has 0 saturated heterocycles. The van der Waals surface area contributed by atoms with Gasteiger partial charge in [0, 0.05) is 21.5 Å². The summed E-state index contributed by atoms with van der Waals surface area (Å²) >= 11 is 7.27. The molecule has 1 amide bonds. The van der Waals surface area contributed by atoms with Crippen molar-refractivity contribution >= 4 is 39.8 Å². The predicted molar refractivity (Wildman–Crippen MR) is 118 cm³/mol. The molecular weight excluding hydrogens is 422 g/mol. The van der Waals surface area contributed by atoms with E-state index in [1.165, 1.54) is 18.4 Å². The van der Waals surface area contributed by atoms with E-state index in [0.717, 1.165) is 11.1 Å². The van der Waals surface area contributed by atoms with E-state index < -0.39 is 11.9 Å². The quantitative estimate of drug-likeness (QED) is 0.368. The molecule has 4 rings (SSSR count). The fourth-order valence-electron chi connectivity index (χ4n) is 3.01. The van der Waals surface area contributed by atoms with E-state index >= 15 is 0 Å². The number of methoxy groups -OCH3 is 1. The topological polar surface area (TPSA) is 68.5 Å². The first-order valence-electron chi connectivity index (χ1n) is 8.99. The largest absolute Gasteiger partial charge is 0.465 e. The summed E-state index contributed by atoms with van der Waals surface area (Å²) in [5.41, 5.74) is 2.63. The van der Waals surface area contributed by atoms with Crippen LogP contribution in [0.1, 0.15) is 20.9 Å². The maximum Gasteiger partial charge on any atom is 0.341 e. The number of hydrogen-bond donors (Lipinski definition) is 1. The van der Waals surface area contributed by atoms with E-state index in [0.29, 0.717) is 26.9 Å². The van der Waals surface area contributed by atoms with Crippen LogP contribution in [0.25, 0.3) is 22.5 Å². The minimum Gasteiger partial charge on any atom is -0.465 e. The van der Waals surface area contributed by atoms with Gasteiger partial charge in [-0.05, 0) is 29.8 Å². The Morgan fingerprint density at radius 2 is 1.77 bits per heavy atom. The number of carbonyl (C=O) groups is 2. The highest BCUT2D eigenvalue weighted by Crippen LogP contribution is 2.36. The maximum absolute atomic E-state index is 12.8. The Balaban J connectivity index is 1.62. The number of rotatable bonds is 5. The van der Waals surface area contributed by atoms with Crippen molar-refractivity contribution in [3.8, 4) is 22.5 Å². The first kappa shape index (κ1) is 19.9. The highest BCUT2D eigenvalue weighted by atomic mass is 35.5. The van der Waals surface area contributed by atoms with Crippen LogP contribution < -0.4 is 5.32 Å². The molecular formula is C23H16ClNO4S. The minimum atomic E-state index is -0.524. The fraction of sp³-hybridized carbons (Fsp3) is 0.0435. The zero-order valence-corrected chi connectivity index (χ0v) is 17.4. The van der Waals surface area contributed by atoms with Gasteiger partial charge in [-0.25, -0.2) is 4.79 Å². The summed E-state index contributed by atoms with van der Waals surface area (Å²) in [5.74, 6) is -0.346. The molecule has 1 N–H and O–H groups in total. The van der Waals surface area contributed by atoms with Gasteiger partial charge in [0.05, 0.1) is 7.11 Å². The van der Waals surface area contributed by atoms with Gasteiger partial charge >= 0.3 is 5.97 Å². The van der Waals surface area contributed by atoms with Gasteiger partial charge in [0.25, 0.3) is 5.91 Å². The van der Waals surface area contributed by atoms with E-state index in [4.69, 9.17) is 20.8 Å². The maximum atomic E-state index is 12.8. The Hall–Kier alpha value is -3.35. The van der Waals surface area contributed by atoms with Crippen LogP contribution in [0.15, 0.2) is 76.5 Å². The second-order valence-electron chi connectivity index (χ2n) is 6.34. The highest BCUT2D eigenvalue weighted by Gasteiger charge is 2.23. The molecule has 0 unspecified atom stereocenters. The molecule has 0 radical (unpaired) electrons. The van der Waals surface area contributed by atoms with Gasteiger partial charge in [0.1, 0.15) is 16.3 Å². The lowest BCUT2D eigenvalue weighted by atomic mass is 10.0. The van der Waals surface area contributed by atoms with Crippen molar-refractivity contribution in [2.45, 2.75) is 0 Å². The van der Waals surface area contributed by atoms with Crippen LogP contribution in [0.4, 0.5) is 5.00 Å². The molecule has 0 spiro atoms. The predicted octanol–water partition coefficient (Wildman–Crippen LogP) is 6.37. The molecule has 0 aliphatic heterocycles. The standard InChI is InChI=1S/C23H16ClNO4S/c1-28-23(27)20-17(14-6-3-2-4-7-14)13-30-22(20)25-21(26)19-11-10-18(29-19)15-8-5-9-16(24)12-15/h2-13H,1H3,(H,25,26). The van der Waals surface area contributed by atoms with Crippen LogP contribution in [0, 0.1) is 0 Å². The van der Waals surface area contributed by atoms with Crippen molar-refractivity contribution in [3.63, 3.8) is 0 Å². The number of halogens is 1. The summed E-state index contributed by atoms with van der Waals surface area (Å²) < 4.78 is 10.6. The van der Waals surface area contributed by atoms with E-state index in [9.17, 15) is 9.59 Å². The minimum absolute atomic E-state index is 0.121. The Bertz CT molecular complexity index is 1210. The third-order valence-electron chi connectivity index (χ3n) is 4.43. The van der Waals surface area contributed by atoms with Gasteiger partial charge in [-0.2, -0.15) is 0 Å². The molecule has 2 heterocycles. The lowest BCUT2D eigenvalue weighted by Crippen LogP contribution is -2.13. The SMILES string of the molecule is COC(=O)c1c(-c2ccccc2)csc1NC(=O)c1ccc(-c2cccc(Cl)c2)o1. The first-order chi connectivity index (χ1) is 14.6. The van der Waals surface area contributed by atoms with Crippen LogP contribution in [0.5, 0.6) is 0 Å². The highest BCUT2D eigenvalue weighted by molar-refractivity contribution is 7.15. The average molecular weight is 438 g/mol. The smallest absolute Gasteiger partial charge is 0.341 e. The van der Waals surface area contributed by atoms with Crippen molar-refractivity contribution in [2.75, 3.05) is 12.4 Å². The van der Waals surface area contributed by atoms with Crippen molar-refractivity contribution in [1.29, 1.82) is 0 Å².